The van der Waals surface area contributed by atoms with Crippen LogP contribution in [-0.4, -0.2) is 46.6 Å². The number of benzene rings is 2. The number of aliphatic hydroxyl groups excluding tert-OH is 2. The van der Waals surface area contributed by atoms with Gasteiger partial charge in [-0.15, -0.1) is 0 Å². The van der Waals surface area contributed by atoms with Gasteiger partial charge in [-0.25, -0.2) is 18.0 Å². The lowest BCUT2D eigenvalue weighted by atomic mass is 9.96. The molecule has 31 heavy (non-hydrogen) atoms. The van der Waals surface area contributed by atoms with Crippen molar-refractivity contribution < 1.29 is 32.9 Å². The van der Waals surface area contributed by atoms with Crippen LogP contribution in [-0.2, 0) is 4.74 Å². The van der Waals surface area contributed by atoms with Gasteiger partial charge in [0.2, 0.25) is 0 Å². The molecule has 4 rings (SSSR count). The minimum Gasteiger partial charge on any atom is -0.446 e. The third-order valence-electron chi connectivity index (χ3n) is 4.82. The highest BCUT2D eigenvalue weighted by atomic mass is 19.1. The Labute approximate surface area is 176 Å². The molecular formula is C22H23F3N2O4. The third-order valence-corrected chi connectivity index (χ3v) is 4.82. The summed E-state index contributed by atoms with van der Waals surface area (Å²) < 4.78 is 44.3. The van der Waals surface area contributed by atoms with Crippen LogP contribution in [0.4, 0.5) is 18.0 Å². The normalized spacial score (nSPS) is 14.4. The fraction of sp³-hybridized carbons (Fsp3) is 0.318. The first-order valence-corrected chi connectivity index (χ1v) is 9.83. The highest BCUT2D eigenvalue weighted by Crippen LogP contribution is 2.26. The van der Waals surface area contributed by atoms with E-state index in [9.17, 15) is 18.0 Å². The third kappa shape index (κ3) is 6.22. The largest absolute Gasteiger partial charge is 0.446 e. The van der Waals surface area contributed by atoms with Crippen LogP contribution < -0.4 is 5.32 Å². The van der Waals surface area contributed by atoms with Crippen molar-refractivity contribution in [3.8, 4) is 11.3 Å². The molecule has 1 unspecified atom stereocenters. The molecule has 0 saturated heterocycles. The van der Waals surface area contributed by atoms with E-state index in [0.29, 0.717) is 16.6 Å². The minimum absolute atomic E-state index is 0.0298. The number of alkyl carbamates (subject to hydrolysis) is 1. The van der Waals surface area contributed by atoms with Gasteiger partial charge in [0.25, 0.3) is 0 Å². The van der Waals surface area contributed by atoms with Gasteiger partial charge in [-0.3, -0.25) is 0 Å². The molecule has 1 aliphatic rings. The van der Waals surface area contributed by atoms with E-state index in [-0.39, 0.29) is 30.6 Å². The molecule has 3 aromatic rings. The number of ether oxygens (including phenoxy) is 1. The molecule has 1 aromatic heterocycles. The van der Waals surface area contributed by atoms with Crippen LogP contribution in [0.5, 0.6) is 0 Å². The Kier molecular flexibility index (Phi) is 7.54. The maximum absolute atomic E-state index is 13.5. The molecule has 0 spiro atoms. The summed E-state index contributed by atoms with van der Waals surface area (Å²) in [4.78, 5) is 13.8. The van der Waals surface area contributed by atoms with Crippen LogP contribution in [0.3, 0.4) is 0 Å². The van der Waals surface area contributed by atoms with Crippen molar-refractivity contribution in [3.05, 3.63) is 59.9 Å². The summed E-state index contributed by atoms with van der Waals surface area (Å²) >= 11 is 0. The quantitative estimate of drug-likeness (QED) is 0.488. The number of fused-ring (bicyclic) bond motifs is 1. The molecule has 4 N–H and O–H groups in total. The molecule has 0 bridgehead atoms. The van der Waals surface area contributed by atoms with Crippen LogP contribution >= 0.6 is 0 Å². The van der Waals surface area contributed by atoms with Crippen LogP contribution in [0.2, 0.25) is 0 Å². The SMILES string of the molecule is Fc1ccc(-c2cc3cc(F)cc(F)c3[nH]2)cc1.O=C(NCC(O)CO)OC1CCC1. The maximum atomic E-state index is 13.5. The van der Waals surface area contributed by atoms with Crippen molar-refractivity contribution in [1.82, 2.24) is 10.3 Å². The van der Waals surface area contributed by atoms with Gasteiger partial charge in [-0.2, -0.15) is 0 Å². The van der Waals surface area contributed by atoms with Gasteiger partial charge in [0.15, 0.2) is 0 Å². The average Bonchev–Trinajstić information content (AvgIpc) is 3.14. The topological polar surface area (TPSA) is 94.6 Å². The monoisotopic (exact) mass is 436 g/mol. The minimum atomic E-state index is -0.908. The van der Waals surface area contributed by atoms with Crippen molar-refractivity contribution in [3.63, 3.8) is 0 Å². The number of hydrogen-bond donors (Lipinski definition) is 4. The van der Waals surface area contributed by atoms with E-state index in [1.54, 1.807) is 18.2 Å². The summed E-state index contributed by atoms with van der Waals surface area (Å²) in [6.07, 6.45) is 1.58. The summed E-state index contributed by atoms with van der Waals surface area (Å²) in [7, 11) is 0. The van der Waals surface area contributed by atoms with Crippen molar-refractivity contribution >= 4 is 17.0 Å². The zero-order chi connectivity index (χ0) is 22.4. The number of aliphatic hydroxyl groups is 2. The molecule has 1 aliphatic carbocycles. The highest BCUT2D eigenvalue weighted by molar-refractivity contribution is 5.86. The lowest BCUT2D eigenvalue weighted by molar-refractivity contribution is 0.0455. The Hall–Kier alpha value is -3.04. The molecule has 6 nitrogen and oxygen atoms in total. The smallest absolute Gasteiger partial charge is 0.407 e. The second-order valence-corrected chi connectivity index (χ2v) is 7.22. The van der Waals surface area contributed by atoms with E-state index in [1.807, 2.05) is 0 Å². The lowest BCUT2D eigenvalue weighted by Crippen LogP contribution is -2.37. The Bertz CT molecular complexity index is 1020. The molecule has 0 radical (unpaired) electrons. The Morgan fingerprint density at radius 2 is 1.84 bits per heavy atom. The van der Waals surface area contributed by atoms with Gasteiger partial charge < -0.3 is 25.3 Å². The predicted molar refractivity (Wildman–Crippen MR) is 109 cm³/mol. The van der Waals surface area contributed by atoms with Gasteiger partial charge >= 0.3 is 6.09 Å². The molecule has 0 aliphatic heterocycles. The molecule has 2 aromatic carbocycles. The molecule has 9 heteroatoms. The van der Waals surface area contributed by atoms with Crippen molar-refractivity contribution in [2.45, 2.75) is 31.5 Å². The number of carbonyl (C=O) groups excluding carboxylic acids is 1. The van der Waals surface area contributed by atoms with E-state index in [0.717, 1.165) is 25.3 Å². The van der Waals surface area contributed by atoms with E-state index >= 15 is 0 Å². The van der Waals surface area contributed by atoms with Gasteiger partial charge in [0, 0.05) is 23.7 Å². The van der Waals surface area contributed by atoms with Crippen LogP contribution in [0, 0.1) is 17.5 Å². The summed E-state index contributed by atoms with van der Waals surface area (Å²) in [5.41, 5.74) is 1.58. The average molecular weight is 436 g/mol. The fourth-order valence-corrected chi connectivity index (χ4v) is 2.90. The predicted octanol–water partition coefficient (Wildman–Crippen LogP) is 3.87. The van der Waals surface area contributed by atoms with E-state index in [1.165, 1.54) is 18.2 Å². The summed E-state index contributed by atoms with van der Waals surface area (Å²) in [5.74, 6) is -1.60. The zero-order valence-electron chi connectivity index (χ0n) is 16.6. The molecule has 1 atom stereocenters. The number of H-pyrrole nitrogens is 1. The van der Waals surface area contributed by atoms with Crippen molar-refractivity contribution in [2.75, 3.05) is 13.2 Å². The molecular weight excluding hydrogens is 413 g/mol. The molecule has 1 amide bonds. The zero-order valence-corrected chi connectivity index (χ0v) is 16.6. The molecule has 1 fully saturated rings. The number of aromatic nitrogens is 1. The van der Waals surface area contributed by atoms with Crippen LogP contribution in [0.25, 0.3) is 22.2 Å². The summed E-state index contributed by atoms with van der Waals surface area (Å²) in [6.45, 7) is -0.328. The van der Waals surface area contributed by atoms with Crippen LogP contribution in [0.15, 0.2) is 42.5 Å². The standard InChI is InChI=1S/C14H8F3N.C8H15NO4/c15-10-3-1-8(2-4-10)13-6-9-5-11(16)7-12(17)14(9)18-13;10-5-6(11)4-9-8(12)13-7-2-1-3-7/h1-7,18H;6-7,10-11H,1-5H2,(H,9,12). The highest BCUT2D eigenvalue weighted by Gasteiger charge is 2.21. The maximum Gasteiger partial charge on any atom is 0.407 e. The van der Waals surface area contributed by atoms with Gasteiger partial charge in [-0.05, 0) is 61.2 Å². The van der Waals surface area contributed by atoms with Crippen molar-refractivity contribution in [2.24, 2.45) is 0 Å². The number of hydrogen-bond acceptors (Lipinski definition) is 4. The second kappa shape index (κ2) is 10.3. The Balaban J connectivity index is 0.000000187. The lowest BCUT2D eigenvalue weighted by Gasteiger charge is -2.25. The summed E-state index contributed by atoms with van der Waals surface area (Å²) in [5, 5.41) is 20.1. The van der Waals surface area contributed by atoms with Gasteiger partial charge in [0.05, 0.1) is 18.2 Å². The summed E-state index contributed by atoms with van der Waals surface area (Å²) in [6, 6.07) is 9.50. The molecule has 166 valence electrons. The number of amides is 1. The first kappa shape index (κ1) is 22.6. The first-order chi connectivity index (χ1) is 14.9. The number of nitrogens with one attached hydrogen (secondary N) is 2. The Morgan fingerprint density at radius 1 is 1.13 bits per heavy atom. The molecule has 1 saturated carbocycles. The van der Waals surface area contributed by atoms with E-state index < -0.39 is 23.8 Å². The van der Waals surface area contributed by atoms with E-state index in [2.05, 4.69) is 10.3 Å². The van der Waals surface area contributed by atoms with Gasteiger partial charge in [0.1, 0.15) is 23.6 Å². The van der Waals surface area contributed by atoms with Gasteiger partial charge in [-0.1, -0.05) is 0 Å². The van der Waals surface area contributed by atoms with Crippen LogP contribution in [0.1, 0.15) is 19.3 Å². The second-order valence-electron chi connectivity index (χ2n) is 7.22. The number of halogens is 3. The Morgan fingerprint density at radius 3 is 2.45 bits per heavy atom. The number of aromatic amines is 1. The number of carbonyl (C=O) groups is 1. The van der Waals surface area contributed by atoms with E-state index in [4.69, 9.17) is 14.9 Å². The molecule has 1 heterocycles. The van der Waals surface area contributed by atoms with Crippen molar-refractivity contribution in [1.29, 1.82) is 0 Å². The number of rotatable bonds is 5. The fourth-order valence-electron chi connectivity index (χ4n) is 2.90. The first-order valence-electron chi connectivity index (χ1n) is 9.83.